The molecule has 2 aromatic rings. The van der Waals surface area contributed by atoms with Gasteiger partial charge < -0.3 is 14.6 Å². The van der Waals surface area contributed by atoms with Gasteiger partial charge in [-0.25, -0.2) is 0 Å². The summed E-state index contributed by atoms with van der Waals surface area (Å²) in [4.78, 5) is 5.55. The lowest BCUT2D eigenvalue weighted by Gasteiger charge is -1.98. The van der Waals surface area contributed by atoms with E-state index in [1.807, 2.05) is 11.4 Å². The standard InChI is InChI=1S/C11H15N3O2S.ClH/c1-15-5-4-12-8-11-13-10(14-16-11)7-9-3-2-6-17-9;/h2-3,6,12H,4-5,7-8H2,1H3;1H. The maximum atomic E-state index is 5.13. The molecule has 2 rings (SSSR count). The van der Waals surface area contributed by atoms with E-state index in [9.17, 15) is 0 Å². The Labute approximate surface area is 116 Å². The second kappa shape index (κ2) is 8.20. The third-order valence-electron chi connectivity index (χ3n) is 2.18. The summed E-state index contributed by atoms with van der Waals surface area (Å²) in [5.74, 6) is 1.35. The first-order chi connectivity index (χ1) is 8.38. The molecular weight excluding hydrogens is 274 g/mol. The van der Waals surface area contributed by atoms with Crippen LogP contribution in [0.15, 0.2) is 22.0 Å². The summed E-state index contributed by atoms with van der Waals surface area (Å²) in [5, 5.41) is 9.14. The summed E-state index contributed by atoms with van der Waals surface area (Å²) in [7, 11) is 1.67. The molecule has 0 radical (unpaired) electrons. The van der Waals surface area contributed by atoms with Crippen molar-refractivity contribution in [3.63, 3.8) is 0 Å². The number of thiophene rings is 1. The Bertz CT molecular complexity index is 433. The van der Waals surface area contributed by atoms with E-state index in [1.54, 1.807) is 18.4 Å². The third kappa shape index (κ3) is 4.73. The number of hydrogen-bond acceptors (Lipinski definition) is 6. The number of methoxy groups -OCH3 is 1. The molecule has 0 aliphatic carbocycles. The highest BCUT2D eigenvalue weighted by molar-refractivity contribution is 7.09. The summed E-state index contributed by atoms with van der Waals surface area (Å²) in [6, 6.07) is 4.09. The van der Waals surface area contributed by atoms with Gasteiger partial charge >= 0.3 is 0 Å². The fourth-order valence-corrected chi connectivity index (χ4v) is 2.07. The third-order valence-corrected chi connectivity index (χ3v) is 3.06. The van der Waals surface area contributed by atoms with Crippen molar-refractivity contribution in [2.24, 2.45) is 0 Å². The SMILES string of the molecule is COCCNCc1nc(Cc2cccs2)no1.Cl. The molecule has 0 atom stereocenters. The van der Waals surface area contributed by atoms with Gasteiger partial charge in [-0.1, -0.05) is 11.2 Å². The monoisotopic (exact) mass is 289 g/mol. The van der Waals surface area contributed by atoms with Crippen molar-refractivity contribution in [3.05, 3.63) is 34.1 Å². The van der Waals surface area contributed by atoms with Crippen molar-refractivity contribution in [2.45, 2.75) is 13.0 Å². The molecule has 2 heterocycles. The predicted molar refractivity (Wildman–Crippen MR) is 72.3 cm³/mol. The Morgan fingerprint density at radius 3 is 3.11 bits per heavy atom. The number of ether oxygens (including phenoxy) is 1. The zero-order valence-electron chi connectivity index (χ0n) is 10.1. The predicted octanol–water partition coefficient (Wildman–Crippen LogP) is 1.88. The van der Waals surface area contributed by atoms with Crippen LogP contribution in [0.25, 0.3) is 0 Å². The van der Waals surface area contributed by atoms with Gasteiger partial charge in [0.15, 0.2) is 5.82 Å². The zero-order chi connectivity index (χ0) is 11.9. The average molecular weight is 290 g/mol. The van der Waals surface area contributed by atoms with Crippen LogP contribution in [0.5, 0.6) is 0 Å². The summed E-state index contributed by atoms with van der Waals surface area (Å²) in [5.41, 5.74) is 0. The number of rotatable bonds is 7. The van der Waals surface area contributed by atoms with E-state index in [0.29, 0.717) is 19.0 Å². The smallest absolute Gasteiger partial charge is 0.240 e. The lowest BCUT2D eigenvalue weighted by atomic mass is 10.3. The van der Waals surface area contributed by atoms with Gasteiger partial charge in [-0.05, 0) is 11.4 Å². The Balaban J connectivity index is 0.00000162. The van der Waals surface area contributed by atoms with Crippen LogP contribution in [0.1, 0.15) is 16.6 Å². The number of halogens is 1. The molecule has 0 saturated carbocycles. The minimum absolute atomic E-state index is 0. The lowest BCUT2D eigenvalue weighted by Crippen LogP contribution is -2.18. The topological polar surface area (TPSA) is 60.2 Å². The van der Waals surface area contributed by atoms with Gasteiger partial charge in [0.2, 0.25) is 5.89 Å². The van der Waals surface area contributed by atoms with Crippen molar-refractivity contribution in [2.75, 3.05) is 20.3 Å². The van der Waals surface area contributed by atoms with Gasteiger partial charge in [-0.3, -0.25) is 0 Å². The highest BCUT2D eigenvalue weighted by atomic mass is 35.5. The molecule has 1 N–H and O–H groups in total. The van der Waals surface area contributed by atoms with Crippen molar-refractivity contribution < 1.29 is 9.26 Å². The van der Waals surface area contributed by atoms with Crippen molar-refractivity contribution in [3.8, 4) is 0 Å². The molecule has 0 saturated heterocycles. The molecule has 0 fully saturated rings. The van der Waals surface area contributed by atoms with Crippen LogP contribution in [0, 0.1) is 0 Å². The molecule has 100 valence electrons. The van der Waals surface area contributed by atoms with Gasteiger partial charge in [0.25, 0.3) is 0 Å². The minimum Gasteiger partial charge on any atom is -0.383 e. The molecule has 2 aromatic heterocycles. The molecule has 0 aliphatic rings. The van der Waals surface area contributed by atoms with Crippen LogP contribution in [0.2, 0.25) is 0 Å². The highest BCUT2D eigenvalue weighted by Gasteiger charge is 2.06. The van der Waals surface area contributed by atoms with Crippen LogP contribution in [-0.4, -0.2) is 30.4 Å². The largest absolute Gasteiger partial charge is 0.383 e. The quantitative estimate of drug-likeness (QED) is 0.789. The molecule has 5 nitrogen and oxygen atoms in total. The van der Waals surface area contributed by atoms with Gasteiger partial charge in [0.1, 0.15) is 0 Å². The van der Waals surface area contributed by atoms with E-state index >= 15 is 0 Å². The second-order valence-corrected chi connectivity index (χ2v) is 4.56. The van der Waals surface area contributed by atoms with Crippen LogP contribution in [-0.2, 0) is 17.7 Å². The van der Waals surface area contributed by atoms with Gasteiger partial charge in [-0.2, -0.15) is 4.98 Å². The van der Waals surface area contributed by atoms with E-state index in [4.69, 9.17) is 9.26 Å². The summed E-state index contributed by atoms with van der Waals surface area (Å²) >= 11 is 1.70. The first-order valence-electron chi connectivity index (χ1n) is 5.42. The van der Waals surface area contributed by atoms with Crippen molar-refractivity contribution >= 4 is 23.7 Å². The molecule has 0 unspecified atom stereocenters. The van der Waals surface area contributed by atoms with Crippen molar-refractivity contribution in [1.82, 2.24) is 15.5 Å². The van der Waals surface area contributed by atoms with E-state index in [1.165, 1.54) is 4.88 Å². The van der Waals surface area contributed by atoms with E-state index < -0.39 is 0 Å². The Morgan fingerprint density at radius 1 is 1.50 bits per heavy atom. The summed E-state index contributed by atoms with van der Waals surface area (Å²) in [6.07, 6.45) is 0.735. The highest BCUT2D eigenvalue weighted by Crippen LogP contribution is 2.12. The van der Waals surface area contributed by atoms with E-state index in [0.717, 1.165) is 18.8 Å². The Morgan fingerprint density at radius 2 is 2.39 bits per heavy atom. The van der Waals surface area contributed by atoms with Crippen LogP contribution in [0.4, 0.5) is 0 Å². The maximum absolute atomic E-state index is 5.13. The van der Waals surface area contributed by atoms with E-state index in [-0.39, 0.29) is 12.4 Å². The first kappa shape index (κ1) is 15.1. The van der Waals surface area contributed by atoms with Crippen LogP contribution >= 0.6 is 23.7 Å². The molecule has 0 bridgehead atoms. The number of nitrogens with zero attached hydrogens (tertiary/aromatic N) is 2. The zero-order valence-corrected chi connectivity index (χ0v) is 11.7. The molecule has 0 aromatic carbocycles. The fourth-order valence-electron chi connectivity index (χ4n) is 1.37. The van der Waals surface area contributed by atoms with Gasteiger partial charge in [0, 0.05) is 25.0 Å². The van der Waals surface area contributed by atoms with Gasteiger partial charge in [-0.15, -0.1) is 23.7 Å². The Hall–Kier alpha value is -0.950. The lowest BCUT2D eigenvalue weighted by molar-refractivity contribution is 0.197. The van der Waals surface area contributed by atoms with Gasteiger partial charge in [0.05, 0.1) is 13.2 Å². The molecule has 0 aliphatic heterocycles. The average Bonchev–Trinajstić information content (AvgIpc) is 2.97. The number of hydrogen-bond donors (Lipinski definition) is 1. The molecular formula is C11H16ClN3O2S. The Kier molecular flexibility index (Phi) is 6.89. The van der Waals surface area contributed by atoms with Crippen LogP contribution < -0.4 is 5.32 Å². The fraction of sp³-hybridized carbons (Fsp3) is 0.455. The minimum atomic E-state index is 0. The van der Waals surface area contributed by atoms with Crippen LogP contribution in [0.3, 0.4) is 0 Å². The van der Waals surface area contributed by atoms with E-state index in [2.05, 4.69) is 21.5 Å². The normalized spacial score (nSPS) is 10.3. The molecule has 18 heavy (non-hydrogen) atoms. The number of aromatic nitrogens is 2. The number of nitrogens with one attached hydrogen (secondary N) is 1. The molecule has 0 amide bonds. The molecule has 7 heteroatoms. The van der Waals surface area contributed by atoms with Crippen molar-refractivity contribution in [1.29, 1.82) is 0 Å². The summed E-state index contributed by atoms with van der Waals surface area (Å²) in [6.45, 7) is 2.04. The molecule has 0 spiro atoms. The second-order valence-electron chi connectivity index (χ2n) is 3.53. The maximum Gasteiger partial charge on any atom is 0.240 e. The first-order valence-corrected chi connectivity index (χ1v) is 6.30. The summed E-state index contributed by atoms with van der Waals surface area (Å²) < 4.78 is 10.1.